The van der Waals surface area contributed by atoms with Gasteiger partial charge in [-0.25, -0.2) is 4.39 Å². The van der Waals surface area contributed by atoms with Crippen molar-refractivity contribution in [3.05, 3.63) is 65.1 Å². The molecule has 0 bridgehead atoms. The number of anilines is 1. The van der Waals surface area contributed by atoms with Crippen LogP contribution in [-0.2, 0) is 5.41 Å². The molecule has 5 nitrogen and oxygen atoms in total. The van der Waals surface area contributed by atoms with Gasteiger partial charge >= 0.3 is 0 Å². The first-order valence-electron chi connectivity index (χ1n) is 13.6. The lowest BCUT2D eigenvalue weighted by molar-refractivity contribution is 0.0659. The van der Waals surface area contributed by atoms with Crippen molar-refractivity contribution in [3.63, 3.8) is 0 Å². The maximum Gasteiger partial charge on any atom is 0.270 e. The van der Waals surface area contributed by atoms with Crippen molar-refractivity contribution in [2.75, 3.05) is 44.6 Å². The second kappa shape index (κ2) is 9.22. The molecule has 2 fully saturated rings. The number of fused-ring (bicyclic) bond motifs is 3. The topological polar surface area (TPSA) is 51.4 Å². The predicted octanol–water partition coefficient (Wildman–Crippen LogP) is 5.56. The van der Waals surface area contributed by atoms with Gasteiger partial charge in [0.25, 0.3) is 5.91 Å². The highest BCUT2D eigenvalue weighted by molar-refractivity contribution is 5.98. The summed E-state index contributed by atoms with van der Waals surface area (Å²) in [4.78, 5) is 20.7. The van der Waals surface area contributed by atoms with E-state index in [0.29, 0.717) is 28.4 Å². The Hall–Kier alpha value is -2.86. The first-order chi connectivity index (χ1) is 17.4. The number of carbonyl (C=O) groups is 1. The zero-order valence-corrected chi connectivity index (χ0v) is 21.4. The van der Waals surface area contributed by atoms with Crippen LogP contribution in [0.25, 0.3) is 10.9 Å². The van der Waals surface area contributed by atoms with Gasteiger partial charge in [0.05, 0.1) is 0 Å². The Labute approximate surface area is 213 Å². The molecule has 1 unspecified atom stereocenters. The van der Waals surface area contributed by atoms with Gasteiger partial charge in [0, 0.05) is 48.2 Å². The first kappa shape index (κ1) is 23.5. The predicted molar refractivity (Wildman–Crippen MR) is 143 cm³/mol. The molecule has 3 aliphatic heterocycles. The minimum atomic E-state index is -0.289. The largest absolute Gasteiger partial charge is 0.384 e. The molecule has 2 aromatic carbocycles. The summed E-state index contributed by atoms with van der Waals surface area (Å²) in [7, 11) is 0. The van der Waals surface area contributed by atoms with Crippen molar-refractivity contribution < 1.29 is 9.18 Å². The van der Waals surface area contributed by atoms with Gasteiger partial charge in [-0.1, -0.05) is 25.1 Å². The summed E-state index contributed by atoms with van der Waals surface area (Å²) in [5, 5.41) is 4.18. The molecule has 2 saturated heterocycles. The molecule has 4 heterocycles. The number of amides is 1. The van der Waals surface area contributed by atoms with Crippen LogP contribution in [-0.4, -0.2) is 60.0 Å². The third-order valence-corrected chi connectivity index (χ3v) is 9.25. The molecule has 2 N–H and O–H groups in total. The molecule has 2 atom stereocenters. The number of piperidine rings is 2. The number of nitrogens with zero attached hydrogens (tertiary/aromatic N) is 2. The Balaban J connectivity index is 1.00. The van der Waals surface area contributed by atoms with Crippen molar-refractivity contribution in [1.29, 1.82) is 0 Å². The number of aromatic amines is 1. The van der Waals surface area contributed by atoms with Crippen molar-refractivity contribution >= 4 is 22.5 Å². The zero-order chi connectivity index (χ0) is 24.9. The summed E-state index contributed by atoms with van der Waals surface area (Å²) in [5.74, 6) is 0.989. The molecule has 1 aromatic heterocycles. The molecule has 0 aliphatic carbocycles. The SMILES string of the molecule is Cc1ccc2c(c1)NCC21CCN(CCC2CCN(C(=O)c3cc4c(F)cccc4[nH]3)CC2)C[C@H]1C. The number of hydrogen-bond donors (Lipinski definition) is 2. The number of likely N-dealkylation sites (tertiary alicyclic amines) is 2. The van der Waals surface area contributed by atoms with Crippen LogP contribution < -0.4 is 5.32 Å². The summed E-state index contributed by atoms with van der Waals surface area (Å²) in [6, 6.07) is 13.5. The van der Waals surface area contributed by atoms with Crippen molar-refractivity contribution in [3.8, 4) is 0 Å². The molecule has 6 rings (SSSR count). The Kier molecular flexibility index (Phi) is 6.03. The third-order valence-electron chi connectivity index (χ3n) is 9.25. The van der Waals surface area contributed by atoms with Crippen LogP contribution in [0.3, 0.4) is 0 Å². The van der Waals surface area contributed by atoms with E-state index in [1.807, 2.05) is 11.0 Å². The highest BCUT2D eigenvalue weighted by Gasteiger charge is 2.46. The molecule has 1 spiro atoms. The van der Waals surface area contributed by atoms with Crippen molar-refractivity contribution in [1.82, 2.24) is 14.8 Å². The van der Waals surface area contributed by atoms with E-state index in [2.05, 4.69) is 47.2 Å². The maximum absolute atomic E-state index is 14.0. The van der Waals surface area contributed by atoms with Gasteiger partial charge in [-0.05, 0) is 92.9 Å². The van der Waals surface area contributed by atoms with Gasteiger partial charge in [-0.2, -0.15) is 0 Å². The number of carbonyl (C=O) groups excluding carboxylic acids is 1. The Bertz CT molecular complexity index is 1280. The summed E-state index contributed by atoms with van der Waals surface area (Å²) in [5.41, 5.74) is 5.63. The number of rotatable bonds is 4. The van der Waals surface area contributed by atoms with Gasteiger partial charge < -0.3 is 20.1 Å². The van der Waals surface area contributed by atoms with E-state index in [9.17, 15) is 9.18 Å². The highest BCUT2D eigenvalue weighted by atomic mass is 19.1. The second-order valence-electron chi connectivity index (χ2n) is 11.4. The number of aryl methyl sites for hydroxylation is 1. The first-order valence-corrected chi connectivity index (χ1v) is 13.6. The second-order valence-corrected chi connectivity index (χ2v) is 11.4. The normalized spacial score (nSPS) is 24.9. The summed E-state index contributed by atoms with van der Waals surface area (Å²) < 4.78 is 14.0. The summed E-state index contributed by atoms with van der Waals surface area (Å²) >= 11 is 0. The zero-order valence-electron chi connectivity index (χ0n) is 21.4. The molecule has 3 aliphatic rings. The Morgan fingerprint density at radius 1 is 1.14 bits per heavy atom. The van der Waals surface area contributed by atoms with E-state index in [1.165, 1.54) is 35.7 Å². The number of nitrogens with one attached hydrogen (secondary N) is 2. The third kappa shape index (κ3) is 4.09. The smallest absolute Gasteiger partial charge is 0.270 e. The number of benzene rings is 2. The van der Waals surface area contributed by atoms with E-state index >= 15 is 0 Å². The van der Waals surface area contributed by atoms with Gasteiger partial charge in [0.15, 0.2) is 0 Å². The van der Waals surface area contributed by atoms with Crippen LogP contribution in [0.1, 0.15) is 54.2 Å². The van der Waals surface area contributed by atoms with Crippen LogP contribution in [0.5, 0.6) is 0 Å². The minimum Gasteiger partial charge on any atom is -0.384 e. The quantitative estimate of drug-likeness (QED) is 0.505. The average Bonchev–Trinajstić information content (AvgIpc) is 3.48. The molecule has 190 valence electrons. The van der Waals surface area contributed by atoms with Gasteiger partial charge in [0.1, 0.15) is 11.5 Å². The van der Waals surface area contributed by atoms with Crippen molar-refractivity contribution in [2.24, 2.45) is 11.8 Å². The van der Waals surface area contributed by atoms with Crippen LogP contribution in [0.2, 0.25) is 0 Å². The number of hydrogen-bond acceptors (Lipinski definition) is 3. The van der Waals surface area contributed by atoms with E-state index in [0.717, 1.165) is 52.1 Å². The fraction of sp³-hybridized carbons (Fsp3) is 0.500. The number of halogens is 1. The molecule has 1 amide bonds. The minimum absolute atomic E-state index is 0.0140. The van der Waals surface area contributed by atoms with Gasteiger partial charge in [0.2, 0.25) is 0 Å². The molecule has 0 radical (unpaired) electrons. The van der Waals surface area contributed by atoms with Gasteiger partial charge in [-0.15, -0.1) is 0 Å². The summed E-state index contributed by atoms with van der Waals surface area (Å²) in [6.07, 6.45) is 4.51. The lowest BCUT2D eigenvalue weighted by atomic mass is 9.67. The lowest BCUT2D eigenvalue weighted by Crippen LogP contribution is -2.50. The Morgan fingerprint density at radius 3 is 2.75 bits per heavy atom. The van der Waals surface area contributed by atoms with Crippen LogP contribution in [0.4, 0.5) is 10.1 Å². The fourth-order valence-corrected chi connectivity index (χ4v) is 6.90. The average molecular weight is 489 g/mol. The molecule has 3 aromatic rings. The Morgan fingerprint density at radius 2 is 1.97 bits per heavy atom. The number of aromatic nitrogens is 1. The van der Waals surface area contributed by atoms with Crippen LogP contribution in [0, 0.1) is 24.6 Å². The number of H-pyrrole nitrogens is 1. The lowest BCUT2D eigenvalue weighted by Gasteiger charge is -2.45. The molecule has 6 heteroatoms. The molecular formula is C30H37FN4O. The van der Waals surface area contributed by atoms with Crippen LogP contribution >= 0.6 is 0 Å². The van der Waals surface area contributed by atoms with E-state index in [4.69, 9.17) is 0 Å². The van der Waals surface area contributed by atoms with E-state index in [-0.39, 0.29) is 17.1 Å². The van der Waals surface area contributed by atoms with Crippen molar-refractivity contribution in [2.45, 2.75) is 44.9 Å². The monoisotopic (exact) mass is 488 g/mol. The summed E-state index contributed by atoms with van der Waals surface area (Å²) in [6.45, 7) is 10.7. The molecular weight excluding hydrogens is 451 g/mol. The standard InChI is InChI=1S/C30H37FN4O/c1-20-6-7-24-27(16-20)32-19-30(24)11-15-34(18-21(30)2)12-8-22-9-13-35(14-10-22)29(36)28-17-23-25(31)4-3-5-26(23)33-28/h3-7,16-17,21-22,32-33H,8-15,18-19H2,1-2H3/t21-,30?/m1/s1. The molecule has 0 saturated carbocycles. The highest BCUT2D eigenvalue weighted by Crippen LogP contribution is 2.47. The van der Waals surface area contributed by atoms with Crippen LogP contribution in [0.15, 0.2) is 42.5 Å². The van der Waals surface area contributed by atoms with Gasteiger partial charge in [-0.3, -0.25) is 4.79 Å². The van der Waals surface area contributed by atoms with E-state index < -0.39 is 0 Å². The molecule has 36 heavy (non-hydrogen) atoms. The fourth-order valence-electron chi connectivity index (χ4n) is 6.90. The van der Waals surface area contributed by atoms with E-state index in [1.54, 1.807) is 12.1 Å². The maximum atomic E-state index is 14.0.